The second-order valence-electron chi connectivity index (χ2n) is 4.75. The van der Waals surface area contributed by atoms with Crippen LogP contribution in [-0.2, 0) is 6.54 Å². The summed E-state index contributed by atoms with van der Waals surface area (Å²) in [4.78, 5) is 0. The van der Waals surface area contributed by atoms with Crippen LogP contribution in [0.25, 0.3) is 11.3 Å². The van der Waals surface area contributed by atoms with Gasteiger partial charge in [0.05, 0.1) is 5.56 Å². The molecule has 0 atom stereocenters. The van der Waals surface area contributed by atoms with Crippen LogP contribution in [0.4, 0.5) is 0 Å². The molecule has 3 rings (SSSR count). The van der Waals surface area contributed by atoms with Gasteiger partial charge in [-0.2, -0.15) is 4.57 Å². The SMILES string of the molecule is CC(C)c1ccc[n+]2c1-c1ccccc1C2. The number of nitrogens with zero attached hydrogens (tertiary/aromatic N) is 1. The standard InChI is InChI=1S/C15H16N/c1-11(2)13-8-5-9-16-10-12-6-3-4-7-14(12)15(13)16/h3-9,11H,10H2,1-2H3/q+1. The van der Waals surface area contributed by atoms with Crippen molar-refractivity contribution in [3.8, 4) is 11.3 Å². The van der Waals surface area contributed by atoms with E-state index in [4.69, 9.17) is 0 Å². The first kappa shape index (κ1) is 9.59. The molecular weight excluding hydrogens is 194 g/mol. The lowest BCUT2D eigenvalue weighted by Crippen LogP contribution is -2.32. The van der Waals surface area contributed by atoms with Gasteiger partial charge in [-0.05, 0) is 18.1 Å². The third kappa shape index (κ3) is 1.28. The van der Waals surface area contributed by atoms with Crippen LogP contribution in [0.2, 0.25) is 0 Å². The second-order valence-corrected chi connectivity index (χ2v) is 4.75. The Morgan fingerprint density at radius 2 is 1.88 bits per heavy atom. The zero-order chi connectivity index (χ0) is 11.1. The maximum atomic E-state index is 2.36. The fourth-order valence-corrected chi connectivity index (χ4v) is 2.55. The summed E-state index contributed by atoms with van der Waals surface area (Å²) < 4.78 is 2.36. The van der Waals surface area contributed by atoms with E-state index in [1.54, 1.807) is 0 Å². The number of pyridine rings is 1. The summed E-state index contributed by atoms with van der Waals surface area (Å²) in [6, 6.07) is 13.1. The number of rotatable bonds is 1. The predicted molar refractivity (Wildman–Crippen MR) is 65.3 cm³/mol. The van der Waals surface area contributed by atoms with E-state index in [0.29, 0.717) is 5.92 Å². The molecule has 0 amide bonds. The van der Waals surface area contributed by atoms with Gasteiger partial charge in [-0.3, -0.25) is 0 Å². The Hall–Kier alpha value is -1.63. The van der Waals surface area contributed by atoms with E-state index in [2.05, 4.69) is 61.0 Å². The minimum Gasteiger partial charge on any atom is -0.194 e. The average molecular weight is 210 g/mol. The van der Waals surface area contributed by atoms with Crippen molar-refractivity contribution < 1.29 is 4.57 Å². The van der Waals surface area contributed by atoms with Crippen LogP contribution in [0, 0.1) is 0 Å². The molecule has 1 aromatic heterocycles. The lowest BCUT2D eigenvalue weighted by atomic mass is 9.97. The quantitative estimate of drug-likeness (QED) is 0.543. The van der Waals surface area contributed by atoms with E-state index in [-0.39, 0.29) is 0 Å². The maximum Gasteiger partial charge on any atom is 0.216 e. The molecule has 2 heterocycles. The zero-order valence-corrected chi connectivity index (χ0v) is 9.77. The highest BCUT2D eigenvalue weighted by Crippen LogP contribution is 2.32. The van der Waals surface area contributed by atoms with Crippen LogP contribution < -0.4 is 4.57 Å². The smallest absolute Gasteiger partial charge is 0.194 e. The summed E-state index contributed by atoms with van der Waals surface area (Å²) >= 11 is 0. The summed E-state index contributed by atoms with van der Waals surface area (Å²) in [7, 11) is 0. The molecule has 16 heavy (non-hydrogen) atoms. The van der Waals surface area contributed by atoms with E-state index >= 15 is 0 Å². The van der Waals surface area contributed by atoms with E-state index < -0.39 is 0 Å². The van der Waals surface area contributed by atoms with Gasteiger partial charge in [0.2, 0.25) is 5.69 Å². The number of aromatic nitrogens is 1. The first-order valence-corrected chi connectivity index (χ1v) is 5.88. The van der Waals surface area contributed by atoms with Crippen molar-refractivity contribution in [1.82, 2.24) is 0 Å². The third-order valence-corrected chi connectivity index (χ3v) is 3.34. The molecular formula is C15H16N+. The van der Waals surface area contributed by atoms with Gasteiger partial charge in [0.1, 0.15) is 0 Å². The monoisotopic (exact) mass is 210 g/mol. The van der Waals surface area contributed by atoms with Crippen molar-refractivity contribution >= 4 is 0 Å². The topological polar surface area (TPSA) is 3.88 Å². The van der Waals surface area contributed by atoms with Crippen LogP contribution in [0.1, 0.15) is 30.9 Å². The Balaban J connectivity index is 2.29. The first-order chi connectivity index (χ1) is 7.77. The molecule has 0 spiro atoms. The van der Waals surface area contributed by atoms with Crippen molar-refractivity contribution in [2.75, 3.05) is 0 Å². The van der Waals surface area contributed by atoms with Crippen LogP contribution in [0.5, 0.6) is 0 Å². The van der Waals surface area contributed by atoms with Crippen molar-refractivity contribution in [3.63, 3.8) is 0 Å². The Kier molecular flexibility index (Phi) is 2.06. The molecule has 0 saturated heterocycles. The molecule has 1 nitrogen and oxygen atoms in total. The fraction of sp³-hybridized carbons (Fsp3) is 0.267. The molecule has 0 radical (unpaired) electrons. The van der Waals surface area contributed by atoms with Gasteiger partial charge < -0.3 is 0 Å². The minimum atomic E-state index is 0.577. The molecule has 1 aromatic carbocycles. The van der Waals surface area contributed by atoms with E-state index in [0.717, 1.165) is 6.54 Å². The van der Waals surface area contributed by atoms with Gasteiger partial charge in [0, 0.05) is 17.2 Å². The summed E-state index contributed by atoms with van der Waals surface area (Å²) in [6.07, 6.45) is 2.18. The van der Waals surface area contributed by atoms with Crippen molar-refractivity contribution in [3.05, 3.63) is 53.7 Å². The van der Waals surface area contributed by atoms with Gasteiger partial charge in [0.15, 0.2) is 12.7 Å². The van der Waals surface area contributed by atoms with Crippen molar-refractivity contribution in [2.24, 2.45) is 0 Å². The van der Waals surface area contributed by atoms with Crippen LogP contribution >= 0.6 is 0 Å². The van der Waals surface area contributed by atoms with E-state index in [1.807, 2.05) is 0 Å². The van der Waals surface area contributed by atoms with Crippen LogP contribution in [0.3, 0.4) is 0 Å². The number of benzene rings is 1. The van der Waals surface area contributed by atoms with Gasteiger partial charge >= 0.3 is 0 Å². The fourth-order valence-electron chi connectivity index (χ4n) is 2.55. The van der Waals surface area contributed by atoms with Crippen LogP contribution in [0.15, 0.2) is 42.6 Å². The van der Waals surface area contributed by atoms with E-state index in [9.17, 15) is 0 Å². The van der Waals surface area contributed by atoms with Gasteiger partial charge in [-0.25, -0.2) is 0 Å². The summed E-state index contributed by atoms with van der Waals surface area (Å²) in [5.74, 6) is 0.577. The number of fused-ring (bicyclic) bond motifs is 3. The van der Waals surface area contributed by atoms with Crippen LogP contribution in [-0.4, -0.2) is 0 Å². The largest absolute Gasteiger partial charge is 0.216 e. The first-order valence-electron chi connectivity index (χ1n) is 5.88. The van der Waals surface area contributed by atoms with Gasteiger partial charge in [-0.1, -0.05) is 32.0 Å². The molecule has 0 fully saturated rings. The third-order valence-electron chi connectivity index (χ3n) is 3.34. The lowest BCUT2D eigenvalue weighted by Gasteiger charge is -2.06. The molecule has 0 N–H and O–H groups in total. The highest BCUT2D eigenvalue weighted by atomic mass is 15.0. The molecule has 0 unspecified atom stereocenters. The van der Waals surface area contributed by atoms with E-state index in [1.165, 1.54) is 22.4 Å². The number of hydrogen-bond donors (Lipinski definition) is 0. The number of hydrogen-bond acceptors (Lipinski definition) is 0. The lowest BCUT2D eigenvalue weighted by molar-refractivity contribution is -0.672. The molecule has 1 heteroatoms. The molecule has 2 aromatic rings. The van der Waals surface area contributed by atoms with Gasteiger partial charge in [-0.15, -0.1) is 0 Å². The van der Waals surface area contributed by atoms with Crippen molar-refractivity contribution in [2.45, 2.75) is 26.3 Å². The zero-order valence-electron chi connectivity index (χ0n) is 9.77. The molecule has 0 aliphatic carbocycles. The molecule has 0 saturated carbocycles. The highest BCUT2D eigenvalue weighted by molar-refractivity contribution is 5.66. The molecule has 0 bridgehead atoms. The Labute approximate surface area is 96.4 Å². The summed E-state index contributed by atoms with van der Waals surface area (Å²) in [6.45, 7) is 5.54. The summed E-state index contributed by atoms with van der Waals surface area (Å²) in [5, 5.41) is 0. The molecule has 1 aliphatic rings. The predicted octanol–water partition coefficient (Wildman–Crippen LogP) is 3.13. The Morgan fingerprint density at radius 3 is 2.69 bits per heavy atom. The van der Waals surface area contributed by atoms with Crippen molar-refractivity contribution in [1.29, 1.82) is 0 Å². The maximum absolute atomic E-state index is 2.36. The Bertz CT molecular complexity index is 541. The average Bonchev–Trinajstić information content (AvgIpc) is 2.66. The Morgan fingerprint density at radius 1 is 1.06 bits per heavy atom. The normalized spacial score (nSPS) is 12.7. The highest BCUT2D eigenvalue weighted by Gasteiger charge is 2.28. The second kappa shape index (κ2) is 3.44. The molecule has 1 aliphatic heterocycles. The molecule has 80 valence electrons. The summed E-state index contributed by atoms with van der Waals surface area (Å²) in [5.41, 5.74) is 5.71. The van der Waals surface area contributed by atoms with Gasteiger partial charge in [0.25, 0.3) is 0 Å². The minimum absolute atomic E-state index is 0.577.